The lowest BCUT2D eigenvalue weighted by Crippen LogP contribution is -2.47. The van der Waals surface area contributed by atoms with Crippen LogP contribution < -0.4 is 10.6 Å². The molecule has 2 saturated heterocycles. The maximum atomic E-state index is 9.49. The quantitative estimate of drug-likeness (QED) is 0.400. The van der Waals surface area contributed by atoms with Gasteiger partial charge in [-0.15, -0.1) is 24.0 Å². The molecule has 5 nitrogen and oxygen atoms in total. The van der Waals surface area contributed by atoms with Crippen LogP contribution in [0.2, 0.25) is 0 Å². The average molecular weight is 417 g/mol. The molecule has 6 heteroatoms. The van der Waals surface area contributed by atoms with Crippen molar-refractivity contribution >= 4 is 29.9 Å². The molecule has 2 fully saturated rings. The summed E-state index contributed by atoms with van der Waals surface area (Å²) in [5.74, 6) is 1.10. The van der Waals surface area contributed by atoms with E-state index < -0.39 is 0 Å². The van der Waals surface area contributed by atoms with E-state index in [-0.39, 0.29) is 29.7 Å². The molecule has 0 amide bonds. The van der Waals surface area contributed by atoms with Crippen LogP contribution in [0.4, 0.5) is 0 Å². The molecule has 0 radical (unpaired) electrons. The van der Waals surface area contributed by atoms with Crippen molar-refractivity contribution in [2.75, 3.05) is 6.54 Å². The summed E-state index contributed by atoms with van der Waals surface area (Å²) < 4.78 is 5.86. The van der Waals surface area contributed by atoms with Gasteiger partial charge in [-0.3, -0.25) is 0 Å². The van der Waals surface area contributed by atoms with Crippen LogP contribution in [0.25, 0.3) is 0 Å². The van der Waals surface area contributed by atoms with Crippen molar-refractivity contribution in [3.05, 3.63) is 29.8 Å². The Morgan fingerprint density at radius 2 is 2.27 bits per heavy atom. The van der Waals surface area contributed by atoms with Crippen LogP contribution in [0.15, 0.2) is 29.3 Å². The van der Waals surface area contributed by atoms with Crippen molar-refractivity contribution in [3.8, 4) is 5.75 Å². The fourth-order valence-corrected chi connectivity index (χ4v) is 3.11. The van der Waals surface area contributed by atoms with Crippen molar-refractivity contribution < 1.29 is 9.84 Å². The first-order valence-electron chi connectivity index (χ1n) is 7.73. The Labute approximate surface area is 148 Å². The maximum Gasteiger partial charge on any atom is 0.191 e. The summed E-state index contributed by atoms with van der Waals surface area (Å²) in [6, 6.07) is 7.58. The molecule has 0 aliphatic carbocycles. The van der Waals surface area contributed by atoms with Crippen molar-refractivity contribution in [3.63, 3.8) is 0 Å². The largest absolute Gasteiger partial charge is 0.508 e. The molecular weight excluding hydrogens is 393 g/mol. The number of benzene rings is 1. The highest BCUT2D eigenvalue weighted by Gasteiger charge is 2.41. The van der Waals surface area contributed by atoms with Crippen LogP contribution in [-0.2, 0) is 11.3 Å². The third-order valence-corrected chi connectivity index (χ3v) is 4.10. The van der Waals surface area contributed by atoms with Crippen molar-refractivity contribution in [2.45, 2.75) is 51.0 Å². The number of phenols is 1. The van der Waals surface area contributed by atoms with Gasteiger partial charge >= 0.3 is 0 Å². The van der Waals surface area contributed by atoms with Crippen LogP contribution in [0.5, 0.6) is 5.75 Å². The molecule has 122 valence electrons. The number of fused-ring (bicyclic) bond motifs is 2. The molecule has 3 unspecified atom stereocenters. The number of ether oxygens (including phenoxy) is 1. The molecule has 1 aromatic carbocycles. The summed E-state index contributed by atoms with van der Waals surface area (Å²) in [4.78, 5) is 4.60. The van der Waals surface area contributed by atoms with E-state index in [9.17, 15) is 5.11 Å². The van der Waals surface area contributed by atoms with Gasteiger partial charge < -0.3 is 20.5 Å². The molecule has 2 bridgehead atoms. The predicted octanol–water partition coefficient (Wildman–Crippen LogP) is 2.39. The monoisotopic (exact) mass is 417 g/mol. The van der Waals surface area contributed by atoms with Crippen LogP contribution in [0.1, 0.15) is 31.7 Å². The zero-order chi connectivity index (χ0) is 14.7. The van der Waals surface area contributed by atoms with Gasteiger partial charge in [0, 0.05) is 6.54 Å². The number of hydrogen-bond acceptors (Lipinski definition) is 3. The van der Waals surface area contributed by atoms with Crippen LogP contribution in [-0.4, -0.2) is 35.9 Å². The van der Waals surface area contributed by atoms with Gasteiger partial charge in [-0.1, -0.05) is 12.1 Å². The van der Waals surface area contributed by atoms with Gasteiger partial charge in [0.2, 0.25) is 0 Å². The Balaban J connectivity index is 0.00000176. The first-order chi connectivity index (χ1) is 10.2. The zero-order valence-electron chi connectivity index (χ0n) is 12.8. The van der Waals surface area contributed by atoms with E-state index in [0.717, 1.165) is 30.9 Å². The summed E-state index contributed by atoms with van der Waals surface area (Å²) in [7, 11) is 0. The molecule has 3 atom stereocenters. The Bertz CT molecular complexity index is 524. The van der Waals surface area contributed by atoms with E-state index in [1.165, 1.54) is 6.42 Å². The first kappa shape index (κ1) is 17.3. The Hall–Kier alpha value is -1.02. The van der Waals surface area contributed by atoms with Crippen LogP contribution >= 0.6 is 24.0 Å². The number of phenolic OH excluding ortho intramolecular Hbond substituents is 1. The minimum absolute atomic E-state index is 0. The Morgan fingerprint density at radius 1 is 1.41 bits per heavy atom. The fourth-order valence-electron chi connectivity index (χ4n) is 3.11. The minimum atomic E-state index is 0. The fraction of sp³-hybridized carbons (Fsp3) is 0.562. The molecule has 2 aliphatic heterocycles. The number of hydrogen-bond donors (Lipinski definition) is 3. The number of halogens is 1. The molecule has 1 aromatic rings. The topological polar surface area (TPSA) is 65.9 Å². The lowest BCUT2D eigenvalue weighted by atomic mass is 9.96. The molecule has 22 heavy (non-hydrogen) atoms. The van der Waals surface area contributed by atoms with E-state index in [2.05, 4.69) is 22.5 Å². The number of aromatic hydroxyl groups is 1. The number of nitrogens with zero attached hydrogens (tertiary/aromatic N) is 1. The number of aliphatic imine (C=N–C) groups is 1. The highest BCUT2D eigenvalue weighted by Crippen LogP contribution is 2.34. The molecule has 0 saturated carbocycles. The van der Waals surface area contributed by atoms with Gasteiger partial charge in [0.1, 0.15) is 5.75 Å². The number of guanidine groups is 1. The summed E-state index contributed by atoms with van der Waals surface area (Å²) in [5.41, 5.74) is 0.997. The molecule has 3 N–H and O–H groups in total. The minimum Gasteiger partial charge on any atom is -0.508 e. The van der Waals surface area contributed by atoms with Crippen molar-refractivity contribution in [1.29, 1.82) is 0 Å². The predicted molar refractivity (Wildman–Crippen MR) is 97.8 cm³/mol. The second-order valence-electron chi connectivity index (χ2n) is 5.73. The van der Waals surface area contributed by atoms with Gasteiger partial charge in [-0.25, -0.2) is 4.99 Å². The third kappa shape index (κ3) is 4.25. The summed E-state index contributed by atoms with van der Waals surface area (Å²) in [5, 5.41) is 16.2. The van der Waals surface area contributed by atoms with Gasteiger partial charge in [-0.2, -0.15) is 0 Å². The lowest BCUT2D eigenvalue weighted by Gasteiger charge is -2.22. The summed E-state index contributed by atoms with van der Waals surface area (Å²) >= 11 is 0. The average Bonchev–Trinajstić information content (AvgIpc) is 3.08. The molecule has 2 aliphatic rings. The van der Waals surface area contributed by atoms with Crippen molar-refractivity contribution in [1.82, 2.24) is 10.6 Å². The van der Waals surface area contributed by atoms with Gasteiger partial charge in [0.25, 0.3) is 0 Å². The molecule has 2 heterocycles. The third-order valence-electron chi connectivity index (χ3n) is 4.10. The number of rotatable bonds is 4. The maximum absolute atomic E-state index is 9.49. The van der Waals surface area contributed by atoms with E-state index >= 15 is 0 Å². The summed E-state index contributed by atoms with van der Waals surface area (Å²) in [6.45, 7) is 3.43. The highest BCUT2D eigenvalue weighted by atomic mass is 127. The smallest absolute Gasteiger partial charge is 0.191 e. The molecule has 3 rings (SSSR count). The molecule has 0 aromatic heterocycles. The second-order valence-corrected chi connectivity index (χ2v) is 5.73. The van der Waals surface area contributed by atoms with Crippen LogP contribution in [0, 0.1) is 0 Å². The van der Waals surface area contributed by atoms with E-state index in [1.807, 2.05) is 12.1 Å². The summed E-state index contributed by atoms with van der Waals surface area (Å²) in [6.07, 6.45) is 4.18. The van der Waals surface area contributed by atoms with Crippen molar-refractivity contribution in [2.24, 2.45) is 4.99 Å². The molecule has 0 spiro atoms. The first-order valence-corrected chi connectivity index (χ1v) is 7.73. The van der Waals surface area contributed by atoms with Gasteiger partial charge in [0.15, 0.2) is 5.96 Å². The van der Waals surface area contributed by atoms with E-state index in [0.29, 0.717) is 24.8 Å². The van der Waals surface area contributed by atoms with Crippen LogP contribution in [0.3, 0.4) is 0 Å². The lowest BCUT2D eigenvalue weighted by molar-refractivity contribution is 0.0992. The second kappa shape index (κ2) is 8.01. The zero-order valence-corrected chi connectivity index (χ0v) is 15.1. The Kier molecular flexibility index (Phi) is 6.31. The standard InChI is InChI=1S/C16H23N3O2.HI/c1-2-17-16(18-10-11-4-3-5-12(20)8-11)19-14-9-13-6-7-15(14)21-13;/h3-5,8,13-15,20H,2,6-7,9-10H2,1H3,(H2,17,18,19);1H. The normalized spacial score (nSPS) is 26.6. The molecular formula is C16H24IN3O2. The van der Waals surface area contributed by atoms with Gasteiger partial charge in [0.05, 0.1) is 24.8 Å². The SMILES string of the molecule is CCNC(=NCc1cccc(O)c1)NC1CC2CCC1O2.I. The van der Waals surface area contributed by atoms with E-state index in [1.54, 1.807) is 12.1 Å². The Morgan fingerprint density at radius 3 is 2.91 bits per heavy atom. The highest BCUT2D eigenvalue weighted by molar-refractivity contribution is 14.0. The number of nitrogens with one attached hydrogen (secondary N) is 2. The van der Waals surface area contributed by atoms with E-state index in [4.69, 9.17) is 4.74 Å². The van der Waals surface area contributed by atoms with Gasteiger partial charge in [-0.05, 0) is 43.9 Å².